The average molecular weight is 203 g/mol. The van der Waals surface area contributed by atoms with E-state index in [0.717, 1.165) is 18.6 Å². The van der Waals surface area contributed by atoms with Crippen LogP contribution < -0.4 is 10.5 Å². The van der Waals surface area contributed by atoms with Gasteiger partial charge in [-0.3, -0.25) is 0 Å². The van der Waals surface area contributed by atoms with E-state index in [1.165, 1.54) is 16.7 Å². The first-order chi connectivity index (χ1) is 7.20. The molecule has 0 bridgehead atoms. The first kappa shape index (κ1) is 10.2. The number of ether oxygens (including phenoxy) is 1. The molecule has 0 fully saturated rings. The summed E-state index contributed by atoms with van der Waals surface area (Å²) in [5, 5.41) is 0. The molecule has 0 aromatic heterocycles. The maximum absolute atomic E-state index is 5.90. The summed E-state index contributed by atoms with van der Waals surface area (Å²) < 4.78 is 5.22. The molecule has 1 atom stereocenters. The third-order valence-corrected chi connectivity index (χ3v) is 2.96. The number of benzene rings is 1. The second-order valence-electron chi connectivity index (χ2n) is 4.07. The van der Waals surface area contributed by atoms with Crippen LogP contribution in [0.4, 0.5) is 0 Å². The molecule has 2 nitrogen and oxygen atoms in total. The normalized spacial score (nSPS) is 16.6. The topological polar surface area (TPSA) is 35.2 Å². The fourth-order valence-electron chi connectivity index (χ4n) is 1.97. The summed E-state index contributed by atoms with van der Waals surface area (Å²) >= 11 is 0. The van der Waals surface area contributed by atoms with Gasteiger partial charge in [-0.2, -0.15) is 0 Å². The summed E-state index contributed by atoms with van der Waals surface area (Å²) in [6.07, 6.45) is 4.37. The first-order valence-corrected chi connectivity index (χ1v) is 5.33. The molecule has 0 radical (unpaired) electrons. The summed E-state index contributed by atoms with van der Waals surface area (Å²) in [5.41, 5.74) is 9.87. The molecule has 15 heavy (non-hydrogen) atoms. The van der Waals surface area contributed by atoms with Crippen molar-refractivity contribution in [2.75, 3.05) is 7.11 Å². The van der Waals surface area contributed by atoms with Gasteiger partial charge in [0.25, 0.3) is 0 Å². The molecule has 1 aromatic carbocycles. The molecule has 1 aliphatic carbocycles. The van der Waals surface area contributed by atoms with E-state index in [1.54, 1.807) is 7.11 Å². The van der Waals surface area contributed by atoms with Crippen molar-refractivity contribution in [1.82, 2.24) is 0 Å². The molecule has 2 rings (SSSR count). The molecular weight excluding hydrogens is 186 g/mol. The Labute approximate surface area is 90.7 Å². The van der Waals surface area contributed by atoms with Gasteiger partial charge in [-0.25, -0.2) is 0 Å². The second-order valence-corrected chi connectivity index (χ2v) is 4.07. The van der Waals surface area contributed by atoms with Crippen LogP contribution in [-0.4, -0.2) is 13.2 Å². The minimum Gasteiger partial charge on any atom is -0.497 e. The van der Waals surface area contributed by atoms with Crippen LogP contribution in [0, 0.1) is 0 Å². The summed E-state index contributed by atoms with van der Waals surface area (Å²) in [7, 11) is 1.70. The molecule has 0 spiro atoms. The molecule has 1 unspecified atom stereocenters. The zero-order valence-electron chi connectivity index (χ0n) is 9.29. The lowest BCUT2D eigenvalue weighted by molar-refractivity contribution is 0.414. The lowest BCUT2D eigenvalue weighted by atomic mass is 9.89. The van der Waals surface area contributed by atoms with Crippen LogP contribution in [-0.2, 0) is 6.42 Å². The van der Waals surface area contributed by atoms with Crippen molar-refractivity contribution in [1.29, 1.82) is 0 Å². The molecule has 0 saturated carbocycles. The van der Waals surface area contributed by atoms with Gasteiger partial charge in [0.15, 0.2) is 0 Å². The first-order valence-electron chi connectivity index (χ1n) is 5.33. The van der Waals surface area contributed by atoms with E-state index in [-0.39, 0.29) is 6.04 Å². The third kappa shape index (κ3) is 2.05. The van der Waals surface area contributed by atoms with Gasteiger partial charge in [0.2, 0.25) is 0 Å². The quantitative estimate of drug-likeness (QED) is 0.801. The third-order valence-electron chi connectivity index (χ3n) is 2.96. The zero-order valence-corrected chi connectivity index (χ0v) is 9.29. The average Bonchev–Trinajstić information content (AvgIpc) is 2.27. The maximum Gasteiger partial charge on any atom is 0.119 e. The second kappa shape index (κ2) is 4.07. The van der Waals surface area contributed by atoms with Crippen LogP contribution in [0.25, 0.3) is 6.08 Å². The molecule has 1 aliphatic rings. The van der Waals surface area contributed by atoms with Crippen LogP contribution >= 0.6 is 0 Å². The number of methoxy groups -OCH3 is 1. The fraction of sp³-hybridized carbons (Fsp3) is 0.385. The fourth-order valence-corrected chi connectivity index (χ4v) is 1.97. The lowest BCUT2D eigenvalue weighted by Gasteiger charge is -2.19. The van der Waals surface area contributed by atoms with E-state index in [1.807, 2.05) is 13.0 Å². The van der Waals surface area contributed by atoms with Gasteiger partial charge in [-0.15, -0.1) is 0 Å². The number of nitrogens with two attached hydrogens (primary N) is 1. The summed E-state index contributed by atoms with van der Waals surface area (Å²) in [5.74, 6) is 0.913. The number of aryl methyl sites for hydroxylation is 1. The molecular formula is C13H17NO. The molecule has 2 heteroatoms. The number of rotatable bonds is 2. The maximum atomic E-state index is 5.90. The highest BCUT2D eigenvalue weighted by atomic mass is 16.5. The minimum absolute atomic E-state index is 0.157. The van der Waals surface area contributed by atoms with Crippen LogP contribution in [0.5, 0.6) is 5.75 Å². The monoisotopic (exact) mass is 203 g/mol. The van der Waals surface area contributed by atoms with Gasteiger partial charge < -0.3 is 10.5 Å². The van der Waals surface area contributed by atoms with E-state index in [9.17, 15) is 0 Å². The smallest absolute Gasteiger partial charge is 0.119 e. The Hall–Kier alpha value is -1.28. The lowest BCUT2D eigenvalue weighted by Crippen LogP contribution is -2.20. The highest BCUT2D eigenvalue weighted by molar-refractivity contribution is 5.62. The summed E-state index contributed by atoms with van der Waals surface area (Å²) in [4.78, 5) is 0. The zero-order chi connectivity index (χ0) is 10.8. The SMILES string of the molecule is COc1ccc2c(c1)C=C(C(C)N)CC2. The van der Waals surface area contributed by atoms with Crippen LogP contribution in [0.15, 0.2) is 23.8 Å². The Morgan fingerprint density at radius 1 is 1.33 bits per heavy atom. The Morgan fingerprint density at radius 3 is 2.80 bits per heavy atom. The van der Waals surface area contributed by atoms with E-state index >= 15 is 0 Å². The standard InChI is InChI=1S/C13H17NO/c1-9(14)11-4-3-10-5-6-13(15-2)8-12(10)7-11/h5-9H,3-4,14H2,1-2H3. The van der Waals surface area contributed by atoms with Crippen molar-refractivity contribution in [3.63, 3.8) is 0 Å². The molecule has 1 aromatic rings. The highest BCUT2D eigenvalue weighted by Gasteiger charge is 2.13. The highest BCUT2D eigenvalue weighted by Crippen LogP contribution is 2.28. The van der Waals surface area contributed by atoms with Crippen molar-refractivity contribution >= 4 is 6.08 Å². The largest absolute Gasteiger partial charge is 0.497 e. The van der Waals surface area contributed by atoms with Crippen molar-refractivity contribution in [2.45, 2.75) is 25.8 Å². The van der Waals surface area contributed by atoms with E-state index in [4.69, 9.17) is 10.5 Å². The summed E-state index contributed by atoms with van der Waals surface area (Å²) in [6.45, 7) is 2.04. The molecule has 0 amide bonds. The summed E-state index contributed by atoms with van der Waals surface area (Å²) in [6, 6.07) is 6.40. The van der Waals surface area contributed by atoms with Crippen LogP contribution in [0.3, 0.4) is 0 Å². The van der Waals surface area contributed by atoms with Gasteiger partial charge in [0.1, 0.15) is 5.75 Å². The van der Waals surface area contributed by atoms with Crippen molar-refractivity contribution in [3.05, 3.63) is 34.9 Å². The van der Waals surface area contributed by atoms with Gasteiger partial charge in [0, 0.05) is 6.04 Å². The van der Waals surface area contributed by atoms with Gasteiger partial charge in [-0.1, -0.05) is 17.7 Å². The van der Waals surface area contributed by atoms with Crippen molar-refractivity contribution < 1.29 is 4.74 Å². The van der Waals surface area contributed by atoms with Gasteiger partial charge >= 0.3 is 0 Å². The van der Waals surface area contributed by atoms with Crippen LogP contribution in [0.1, 0.15) is 24.5 Å². The van der Waals surface area contributed by atoms with E-state index in [2.05, 4.69) is 18.2 Å². The Morgan fingerprint density at radius 2 is 2.13 bits per heavy atom. The van der Waals surface area contributed by atoms with Gasteiger partial charge in [0.05, 0.1) is 7.11 Å². The van der Waals surface area contributed by atoms with Crippen molar-refractivity contribution in [3.8, 4) is 5.75 Å². The number of hydrogen-bond acceptors (Lipinski definition) is 2. The number of fused-ring (bicyclic) bond motifs is 1. The van der Waals surface area contributed by atoms with Crippen LogP contribution in [0.2, 0.25) is 0 Å². The molecule has 0 aliphatic heterocycles. The Bertz CT molecular complexity index is 394. The molecule has 2 N–H and O–H groups in total. The predicted octanol–water partition coefficient (Wildman–Crippen LogP) is 2.37. The van der Waals surface area contributed by atoms with E-state index < -0.39 is 0 Å². The predicted molar refractivity (Wildman–Crippen MR) is 62.9 cm³/mol. The number of hydrogen-bond donors (Lipinski definition) is 1. The van der Waals surface area contributed by atoms with Gasteiger partial charge in [-0.05, 0) is 43.0 Å². The molecule has 80 valence electrons. The molecule has 0 saturated heterocycles. The Kier molecular flexibility index (Phi) is 2.78. The van der Waals surface area contributed by atoms with E-state index in [0.29, 0.717) is 0 Å². The molecule has 0 heterocycles. The van der Waals surface area contributed by atoms with Crippen molar-refractivity contribution in [2.24, 2.45) is 5.73 Å². The minimum atomic E-state index is 0.157. The Balaban J connectivity index is 2.39.